The summed E-state index contributed by atoms with van der Waals surface area (Å²) in [5.74, 6) is 0.291. The van der Waals surface area contributed by atoms with Gasteiger partial charge in [0.25, 0.3) is 0 Å². The Hall–Kier alpha value is 1.75. The van der Waals surface area contributed by atoms with Gasteiger partial charge < -0.3 is 9.79 Å². The fourth-order valence-electron chi connectivity index (χ4n) is 2.94. The summed E-state index contributed by atoms with van der Waals surface area (Å²) in [4.78, 5) is 17.8. The average Bonchev–Trinajstić information content (AvgIpc) is 2.50. The Morgan fingerprint density at radius 2 is 1.12 bits per heavy atom. The zero-order valence-corrected chi connectivity index (χ0v) is 16.2. The molecule has 0 saturated heterocycles. The van der Waals surface area contributed by atoms with Crippen LogP contribution < -0.4 is 0 Å². The van der Waals surface area contributed by atoms with Crippen molar-refractivity contribution in [1.82, 2.24) is 0 Å². The van der Waals surface area contributed by atoms with Gasteiger partial charge in [0.2, 0.25) is 0 Å². The van der Waals surface area contributed by atoms with E-state index in [9.17, 15) is 4.57 Å². The van der Waals surface area contributed by atoms with Crippen molar-refractivity contribution >= 4 is 59.2 Å². The van der Waals surface area contributed by atoms with Crippen LogP contribution in [0.2, 0.25) is 0 Å². The van der Waals surface area contributed by atoms with Gasteiger partial charge in [-0.25, -0.2) is 4.57 Å². The van der Waals surface area contributed by atoms with Crippen LogP contribution in [0.4, 0.5) is 0 Å². The van der Waals surface area contributed by atoms with E-state index in [1.807, 2.05) is 0 Å². The third-order valence-electron chi connectivity index (χ3n) is 4.41. The van der Waals surface area contributed by atoms with Gasteiger partial charge in [0, 0.05) is 0 Å². The summed E-state index contributed by atoms with van der Waals surface area (Å²) in [5.41, 5.74) is 0. The first-order valence-electron chi connectivity index (χ1n) is 9.69. The van der Waals surface area contributed by atoms with Crippen molar-refractivity contribution in [2.75, 3.05) is 6.61 Å². The number of phosphoric ester groups is 1. The third-order valence-corrected chi connectivity index (χ3v) is 4.90. The van der Waals surface area contributed by atoms with Gasteiger partial charge in [-0.05, 0) is 18.8 Å². The van der Waals surface area contributed by atoms with Crippen molar-refractivity contribution in [2.45, 2.75) is 104 Å². The van der Waals surface area contributed by atoms with E-state index in [4.69, 9.17) is 14.3 Å². The van der Waals surface area contributed by atoms with E-state index in [2.05, 4.69) is 13.8 Å². The summed E-state index contributed by atoms with van der Waals surface area (Å²) in [7, 11) is -4.33. The summed E-state index contributed by atoms with van der Waals surface area (Å²) >= 11 is 0. The molecule has 2 N–H and O–H groups in total. The first-order valence-corrected chi connectivity index (χ1v) is 11.2. The predicted octanol–water partition coefficient (Wildman–Crippen LogP) is 5.56. The molecule has 0 fully saturated rings. The van der Waals surface area contributed by atoms with Crippen molar-refractivity contribution in [2.24, 2.45) is 5.92 Å². The van der Waals surface area contributed by atoms with Crippen LogP contribution in [0.15, 0.2) is 0 Å². The van der Waals surface area contributed by atoms with Crippen LogP contribution in [0.3, 0.4) is 0 Å². The predicted molar refractivity (Wildman–Crippen MR) is 105 cm³/mol. The van der Waals surface area contributed by atoms with Gasteiger partial charge in [0.05, 0.1) is 6.61 Å². The Balaban J connectivity index is 0. The third kappa shape index (κ3) is 21.8. The molecule has 6 heteroatoms. The summed E-state index contributed by atoms with van der Waals surface area (Å²) in [6.07, 6.45) is 17.2. The number of rotatable bonds is 17. The molecule has 4 nitrogen and oxygen atoms in total. The topological polar surface area (TPSA) is 66.8 Å². The van der Waals surface area contributed by atoms with Crippen LogP contribution in [0.5, 0.6) is 0 Å². The monoisotopic (exact) mass is 390 g/mol. The maximum atomic E-state index is 10.9. The van der Waals surface area contributed by atoms with Crippen molar-refractivity contribution in [1.29, 1.82) is 0 Å². The van der Waals surface area contributed by atoms with Gasteiger partial charge in [-0.2, -0.15) is 0 Å². The molecule has 0 radical (unpaired) electrons. The molecular formula is C18H40KO4P. The quantitative estimate of drug-likeness (QED) is 0.194. The Morgan fingerprint density at radius 1 is 0.750 bits per heavy atom. The molecule has 0 aliphatic heterocycles. The Bertz CT molecular complexity index is 297. The molecule has 0 aromatic carbocycles. The summed E-state index contributed by atoms with van der Waals surface area (Å²) < 4.78 is 15.6. The van der Waals surface area contributed by atoms with E-state index in [1.54, 1.807) is 0 Å². The summed E-state index contributed by atoms with van der Waals surface area (Å²) in [6.45, 7) is 4.63. The van der Waals surface area contributed by atoms with E-state index in [0.717, 1.165) is 25.7 Å². The molecule has 0 aromatic rings. The standard InChI is InChI=1S/C18H39O4P.K.H/c1-3-5-7-9-10-11-12-14-16-18(15-13-8-6-4-2)17-22-23(19,20)21;;/h18H,3-17H2,1-2H3,(H2,19,20,21);;. The minimum absolute atomic E-state index is 0. The second-order valence-electron chi connectivity index (χ2n) is 6.77. The molecule has 0 bridgehead atoms. The van der Waals surface area contributed by atoms with Gasteiger partial charge in [0.1, 0.15) is 0 Å². The van der Waals surface area contributed by atoms with Crippen LogP contribution in [0, 0.1) is 5.92 Å². The summed E-state index contributed by atoms with van der Waals surface area (Å²) in [6, 6.07) is 0. The molecule has 1 unspecified atom stereocenters. The van der Waals surface area contributed by atoms with E-state index in [1.165, 1.54) is 64.2 Å². The molecule has 24 heavy (non-hydrogen) atoms. The number of hydrogen-bond donors (Lipinski definition) is 2. The Labute approximate surface area is 192 Å². The average molecular weight is 391 g/mol. The number of hydrogen-bond acceptors (Lipinski definition) is 2. The van der Waals surface area contributed by atoms with Crippen LogP contribution in [-0.4, -0.2) is 67.8 Å². The van der Waals surface area contributed by atoms with Gasteiger partial charge in [-0.15, -0.1) is 0 Å². The first-order chi connectivity index (χ1) is 11.0. The van der Waals surface area contributed by atoms with Gasteiger partial charge in [0.15, 0.2) is 0 Å². The SMILES string of the molecule is CCCCCCCCCCC(CCCCCC)COP(=O)(O)O.[KH]. The van der Waals surface area contributed by atoms with Gasteiger partial charge in [-0.1, -0.05) is 90.9 Å². The zero-order chi connectivity index (χ0) is 17.4. The van der Waals surface area contributed by atoms with Crippen molar-refractivity contribution in [3.8, 4) is 0 Å². The molecule has 0 aromatic heterocycles. The molecule has 0 saturated carbocycles. The van der Waals surface area contributed by atoms with Crippen molar-refractivity contribution in [3.05, 3.63) is 0 Å². The Kier molecular flexibility index (Phi) is 22.7. The van der Waals surface area contributed by atoms with Gasteiger partial charge >= 0.3 is 59.2 Å². The van der Waals surface area contributed by atoms with Crippen LogP contribution >= 0.6 is 7.82 Å². The minimum atomic E-state index is -4.33. The van der Waals surface area contributed by atoms with Crippen LogP contribution in [0.25, 0.3) is 0 Å². The van der Waals surface area contributed by atoms with Crippen molar-refractivity contribution < 1.29 is 18.9 Å². The van der Waals surface area contributed by atoms with Crippen LogP contribution in [-0.2, 0) is 9.09 Å². The second-order valence-corrected chi connectivity index (χ2v) is 8.00. The van der Waals surface area contributed by atoms with E-state index in [0.29, 0.717) is 5.92 Å². The molecule has 0 amide bonds. The summed E-state index contributed by atoms with van der Waals surface area (Å²) in [5, 5.41) is 0. The van der Waals surface area contributed by atoms with Crippen LogP contribution in [0.1, 0.15) is 104 Å². The molecule has 0 rings (SSSR count). The molecule has 0 aliphatic rings. The Morgan fingerprint density at radius 3 is 1.54 bits per heavy atom. The normalized spacial score (nSPS) is 12.8. The fraction of sp³-hybridized carbons (Fsp3) is 1.00. The molecule has 0 heterocycles. The van der Waals surface area contributed by atoms with E-state index in [-0.39, 0.29) is 58.0 Å². The first kappa shape index (κ1) is 28.0. The maximum absolute atomic E-state index is 10.9. The molecule has 142 valence electrons. The zero-order valence-electron chi connectivity index (χ0n) is 15.3. The number of unbranched alkanes of at least 4 members (excludes halogenated alkanes) is 10. The molecule has 1 atom stereocenters. The molecule has 0 spiro atoms. The van der Waals surface area contributed by atoms with E-state index >= 15 is 0 Å². The van der Waals surface area contributed by atoms with Crippen molar-refractivity contribution in [3.63, 3.8) is 0 Å². The fourth-order valence-corrected chi connectivity index (χ4v) is 3.35. The van der Waals surface area contributed by atoms with E-state index < -0.39 is 7.82 Å². The van der Waals surface area contributed by atoms with Gasteiger partial charge in [-0.3, -0.25) is 4.52 Å². The number of phosphoric acid groups is 1. The second kappa shape index (κ2) is 19.5. The molecule has 0 aliphatic carbocycles. The molecular weight excluding hydrogens is 350 g/mol.